The molecule has 3 N–H and O–H groups in total. The predicted molar refractivity (Wildman–Crippen MR) is 429 cm³/mol. The molecule has 9 aromatic rings. The second kappa shape index (κ2) is 35.9. The van der Waals surface area contributed by atoms with Crippen LogP contribution in [0.1, 0.15) is 101 Å². The first kappa shape index (κ1) is 80.9. The van der Waals surface area contributed by atoms with E-state index < -0.39 is 17.5 Å². The Morgan fingerprint density at radius 2 is 0.811 bits per heavy atom. The van der Waals surface area contributed by atoms with Crippen molar-refractivity contribution in [2.45, 2.75) is 118 Å². The van der Waals surface area contributed by atoms with Crippen molar-refractivity contribution in [2.24, 2.45) is 0 Å². The number of aliphatic carboxylic acids is 1. The van der Waals surface area contributed by atoms with Crippen LogP contribution in [0.4, 0.5) is 22.7 Å². The highest BCUT2D eigenvalue weighted by atomic mass is 79.9. The van der Waals surface area contributed by atoms with Gasteiger partial charge in [-0.3, -0.25) is 33.6 Å². The number of hydrogen-bond donors (Lipinski definition) is 3. The number of anilines is 4. The summed E-state index contributed by atoms with van der Waals surface area (Å²) in [5, 5.41) is 18.6. The predicted octanol–water partition coefficient (Wildman–Crippen LogP) is 20.5. The number of nitrogens with one attached hydrogen (secondary N) is 2. The van der Waals surface area contributed by atoms with Gasteiger partial charge in [-0.05, 0) is 250 Å². The Morgan fingerprint density at radius 1 is 0.443 bits per heavy atom. The summed E-state index contributed by atoms with van der Waals surface area (Å²) in [5.74, 6) is -0.298. The number of aryl methyl sites for hydroxylation is 6. The maximum Gasteiger partial charge on any atom is 0.326 e. The Hall–Kier alpha value is -9.20. The number of carboxylic acids is 1. The van der Waals surface area contributed by atoms with Crippen LogP contribution in [0.5, 0.6) is 11.5 Å². The molecule has 9 aromatic carbocycles. The summed E-state index contributed by atoms with van der Waals surface area (Å²) in [6.45, 7) is 14.6. The van der Waals surface area contributed by atoms with Crippen molar-refractivity contribution in [2.75, 3.05) is 53.1 Å². The monoisotopic (exact) mass is 1590 g/mol. The summed E-state index contributed by atoms with van der Waals surface area (Å²) >= 11 is 33.0. The largest absolute Gasteiger partial charge is 0.496 e. The fraction of sp³-hybridized carbons (Fsp3) is 0.274. The van der Waals surface area contributed by atoms with Crippen molar-refractivity contribution < 1.29 is 57.6 Å². The molecule has 0 saturated carbocycles. The quantitative estimate of drug-likeness (QED) is 0.0771. The summed E-state index contributed by atoms with van der Waals surface area (Å²) in [6.07, 6.45) is 4.46. The first-order valence-electron chi connectivity index (χ1n) is 34.2. The average molecular weight is 1600 g/mol. The van der Waals surface area contributed by atoms with Crippen molar-refractivity contribution in [3.8, 4) is 67.1 Å². The Labute approximate surface area is 651 Å². The number of nitrogens with zero attached hydrogens (tertiary/aromatic N) is 2. The normalized spacial score (nSPS) is 13.4. The molecule has 0 radical (unpaired) electrons. The minimum absolute atomic E-state index is 0.0130. The van der Waals surface area contributed by atoms with Gasteiger partial charge in [-0.25, -0.2) is 0 Å². The molecule has 22 heteroatoms. The number of carbonyl (C=O) groups is 7. The number of rotatable bonds is 12. The fourth-order valence-electron chi connectivity index (χ4n) is 12.5. The average Bonchev–Trinajstić information content (AvgIpc) is 0.776. The van der Waals surface area contributed by atoms with Crippen LogP contribution in [0.2, 0.25) is 25.1 Å². The molecule has 13 rings (SSSR count). The summed E-state index contributed by atoms with van der Waals surface area (Å²) < 4.78 is 21.6. The molecule has 0 spiro atoms. The molecular formula is C84H82BrCl5N4O12. The zero-order chi connectivity index (χ0) is 76.9. The van der Waals surface area contributed by atoms with Crippen LogP contribution in [0.25, 0.3) is 55.6 Å². The van der Waals surface area contributed by atoms with Crippen molar-refractivity contribution in [3.63, 3.8) is 0 Å². The molecule has 0 saturated heterocycles. The fourth-order valence-corrected chi connectivity index (χ4v) is 13.3. The van der Waals surface area contributed by atoms with Gasteiger partial charge in [0.25, 0.3) is 0 Å². The number of carbonyl (C=O) groups excluding carboxylic acids is 6. The van der Waals surface area contributed by atoms with E-state index in [0.29, 0.717) is 81.5 Å². The van der Waals surface area contributed by atoms with Gasteiger partial charge in [0, 0.05) is 90.6 Å². The van der Waals surface area contributed by atoms with Crippen LogP contribution in [0.15, 0.2) is 164 Å². The van der Waals surface area contributed by atoms with Crippen LogP contribution >= 0.6 is 73.9 Å². The Kier molecular flexibility index (Phi) is 27.4. The van der Waals surface area contributed by atoms with Crippen LogP contribution in [-0.2, 0) is 68.7 Å². The van der Waals surface area contributed by atoms with Gasteiger partial charge in [0.15, 0.2) is 0 Å². The number of benzene rings is 9. The second-order valence-corrected chi connectivity index (χ2v) is 30.2. The lowest BCUT2D eigenvalue weighted by atomic mass is 9.89. The molecule has 0 aromatic heterocycles. The van der Waals surface area contributed by atoms with E-state index in [-0.39, 0.29) is 53.6 Å². The molecule has 106 heavy (non-hydrogen) atoms. The van der Waals surface area contributed by atoms with E-state index in [2.05, 4.69) is 50.8 Å². The van der Waals surface area contributed by atoms with E-state index in [9.17, 15) is 33.6 Å². The highest BCUT2D eigenvalue weighted by Crippen LogP contribution is 2.48. The maximum atomic E-state index is 12.5. The lowest BCUT2D eigenvalue weighted by molar-refractivity contribution is -0.154. The third kappa shape index (κ3) is 21.5. The minimum atomic E-state index is -1.01. The van der Waals surface area contributed by atoms with E-state index >= 15 is 0 Å². The summed E-state index contributed by atoms with van der Waals surface area (Å²) in [7, 11) is 3.27. The molecule has 4 aliphatic heterocycles. The minimum Gasteiger partial charge on any atom is -0.496 e. The topological polar surface area (TPSA) is 207 Å². The lowest BCUT2D eigenvalue weighted by Gasteiger charge is -2.31. The molecule has 0 atom stereocenters. The second-order valence-electron chi connectivity index (χ2n) is 27.5. The van der Waals surface area contributed by atoms with E-state index in [0.717, 1.165) is 118 Å². The lowest BCUT2D eigenvalue weighted by Crippen LogP contribution is -2.41. The van der Waals surface area contributed by atoms with E-state index in [1.54, 1.807) is 19.1 Å². The number of esters is 2. The molecule has 4 amide bonds. The van der Waals surface area contributed by atoms with Crippen molar-refractivity contribution >= 4 is 138 Å². The third-order valence-electron chi connectivity index (χ3n) is 17.3. The Balaban J connectivity index is 0.000000158. The molecule has 0 bridgehead atoms. The highest BCUT2D eigenvalue weighted by molar-refractivity contribution is 9.09. The van der Waals surface area contributed by atoms with Crippen LogP contribution in [0, 0.1) is 13.8 Å². The number of ether oxygens (including phenoxy) is 4. The van der Waals surface area contributed by atoms with Gasteiger partial charge < -0.3 is 44.5 Å². The first-order chi connectivity index (χ1) is 50.3. The summed E-state index contributed by atoms with van der Waals surface area (Å²) in [4.78, 5) is 84.8. The number of amides is 4. The summed E-state index contributed by atoms with van der Waals surface area (Å²) in [5.41, 5.74) is 18.7. The molecular weight excluding hydrogens is 1510 g/mol. The number of fused-ring (bicyclic) bond motifs is 4. The Morgan fingerprint density at radius 3 is 1.22 bits per heavy atom. The molecule has 16 nitrogen and oxygen atoms in total. The van der Waals surface area contributed by atoms with E-state index in [4.69, 9.17) is 82.1 Å². The molecule has 4 aliphatic rings. The molecule has 0 fully saturated rings. The molecule has 0 unspecified atom stereocenters. The third-order valence-corrected chi connectivity index (χ3v) is 19.0. The van der Waals surface area contributed by atoms with Gasteiger partial charge >= 0.3 is 17.9 Å². The molecule has 552 valence electrons. The van der Waals surface area contributed by atoms with Crippen LogP contribution < -0.4 is 29.9 Å². The summed E-state index contributed by atoms with van der Waals surface area (Å²) in [6, 6.07) is 52.3. The SMILES string of the molecule is CC(C)(C)OC(=O)CBr.COc1c(-c2ccc(Cl)cc2)cc2c(c1-c1ccc(Cl)cc1)NC(=O)CC2.COc1cc2c(cc1-c1ccc(Cl)cc1)CCC(=O)N2.Cc1cc2c(cc1-c1ccc(Cl)cc1)CCC(=O)N2CC(=O)O.Cc1cc2c(cc1-c1ccc(Cl)cc1)CCC(=O)N2CC(=O)OC(C)(C)C. The van der Waals surface area contributed by atoms with Gasteiger partial charge in [0.1, 0.15) is 41.1 Å². The van der Waals surface area contributed by atoms with Crippen LogP contribution in [-0.4, -0.2) is 90.5 Å². The van der Waals surface area contributed by atoms with Crippen molar-refractivity contribution in [1.29, 1.82) is 0 Å². The first-order valence-corrected chi connectivity index (χ1v) is 37.2. The van der Waals surface area contributed by atoms with Gasteiger partial charge in [-0.2, -0.15) is 0 Å². The van der Waals surface area contributed by atoms with E-state index in [1.807, 2.05) is 195 Å². The van der Waals surface area contributed by atoms with E-state index in [1.165, 1.54) is 4.90 Å². The number of alkyl halides is 1. The zero-order valence-corrected chi connectivity index (χ0v) is 65.8. The standard InChI is InChI=1S/C22H17Cl2NO2.C22H24ClNO3.C18H16ClNO3.C16H14ClNO2.C6H11BrO2/c1-27-22-18(13-2-7-16(23)8-3-13)12-15-6-11-19(26)25-21(15)20(22)14-4-9-17(24)10-5-14;1-14-11-19-16(12-18(14)15-5-8-17(23)9-6-15)7-10-20(25)24(19)13-21(26)27-22(2,3)4;1-11-8-16-13(4-7-17(21)20(16)10-18(22)23)9-15(11)12-2-5-14(19)6-3-12;1-20-15-9-14-11(4-7-16(19)18-14)8-13(15)10-2-5-12(17)6-3-10;1-6(2,3)9-5(8)4-7/h2-5,7-10,12H,6,11H2,1H3,(H,25,26);5-6,8-9,11-12H,7,10,13H2,1-4H3;2-3,5-6,8-9H,4,7,10H2,1H3,(H,22,23);2-3,5-6,8-9H,4,7H2,1H3,(H,18,19);4H2,1-3H3. The van der Waals surface area contributed by atoms with Gasteiger partial charge in [-0.15, -0.1) is 0 Å². The van der Waals surface area contributed by atoms with Crippen molar-refractivity contribution in [3.05, 3.63) is 222 Å². The van der Waals surface area contributed by atoms with Gasteiger partial charge in [0.2, 0.25) is 23.6 Å². The molecule has 4 heterocycles. The maximum absolute atomic E-state index is 12.5. The number of hydrogen-bond acceptors (Lipinski definition) is 11. The van der Waals surface area contributed by atoms with Gasteiger partial charge in [0.05, 0.1) is 19.9 Å². The zero-order valence-electron chi connectivity index (χ0n) is 60.5. The number of halogens is 6. The Bertz CT molecular complexity index is 4750. The van der Waals surface area contributed by atoms with Gasteiger partial charge in [-0.1, -0.05) is 135 Å². The van der Waals surface area contributed by atoms with Crippen LogP contribution in [0.3, 0.4) is 0 Å². The highest BCUT2D eigenvalue weighted by Gasteiger charge is 2.31. The number of methoxy groups -OCH3 is 2. The number of carboxylic acid groups (broad SMARTS) is 1. The van der Waals surface area contributed by atoms with Crippen molar-refractivity contribution in [1.82, 2.24) is 0 Å². The smallest absolute Gasteiger partial charge is 0.326 e. The molecule has 0 aliphatic carbocycles.